The molecule has 7 nitrogen and oxygen atoms in total. The molecule has 3 aromatic rings. The molecular formula is C21H18FN5O2. The van der Waals surface area contributed by atoms with Crippen molar-refractivity contribution >= 4 is 17.6 Å². The molecule has 0 saturated heterocycles. The van der Waals surface area contributed by atoms with Crippen LogP contribution in [0.1, 0.15) is 28.8 Å². The third-order valence-electron chi connectivity index (χ3n) is 5.15. The minimum Gasteiger partial charge on any atom is -0.348 e. The molecule has 146 valence electrons. The molecular weight excluding hydrogens is 373 g/mol. The molecule has 8 heteroatoms. The van der Waals surface area contributed by atoms with E-state index in [2.05, 4.69) is 25.9 Å². The largest absolute Gasteiger partial charge is 0.348 e. The third-order valence-corrected chi connectivity index (χ3v) is 5.15. The van der Waals surface area contributed by atoms with Crippen LogP contribution in [0.5, 0.6) is 0 Å². The van der Waals surface area contributed by atoms with Crippen LogP contribution in [0, 0.1) is 5.82 Å². The van der Waals surface area contributed by atoms with Crippen molar-refractivity contribution in [1.29, 1.82) is 0 Å². The number of hydrogen-bond acceptors (Lipinski definition) is 3. The van der Waals surface area contributed by atoms with Crippen molar-refractivity contribution in [3.8, 4) is 22.5 Å². The molecule has 4 N–H and O–H groups in total. The Labute approximate surface area is 165 Å². The lowest BCUT2D eigenvalue weighted by molar-refractivity contribution is 0.0966. The number of rotatable bonds is 4. The van der Waals surface area contributed by atoms with Crippen LogP contribution in [0.4, 0.5) is 14.9 Å². The first kappa shape index (κ1) is 17.4. The minimum atomic E-state index is -0.471. The maximum atomic E-state index is 14.9. The molecule has 2 aliphatic rings. The number of amides is 3. The number of H-pyrrole nitrogens is 1. The number of nitrogens with one attached hydrogen (secondary N) is 4. The fraction of sp³-hybridized carbons (Fsp3) is 0.190. The lowest BCUT2D eigenvalue weighted by Gasteiger charge is -2.13. The van der Waals surface area contributed by atoms with E-state index in [1.165, 1.54) is 6.07 Å². The summed E-state index contributed by atoms with van der Waals surface area (Å²) in [5, 5.41) is 8.26. The molecule has 2 aromatic carbocycles. The van der Waals surface area contributed by atoms with Gasteiger partial charge in [-0.25, -0.2) is 14.2 Å². The van der Waals surface area contributed by atoms with Crippen LogP contribution >= 0.6 is 0 Å². The maximum Gasteiger partial charge on any atom is 0.319 e. The standard InChI is InChI=1S/C21H18FN5O2/c22-17-9-12(27-21(29)26-11-1-2-11)3-4-14(17)13-5-6-15(19-23-7-8-24-19)18-16(13)10-25-20(18)28/h3-9,11H,1-2,10H2,(H,23,24)(H,25,28)(H2,26,27,29). The summed E-state index contributed by atoms with van der Waals surface area (Å²) < 4.78 is 14.9. The summed E-state index contributed by atoms with van der Waals surface area (Å²) in [5.74, 6) is -0.0863. The van der Waals surface area contributed by atoms with E-state index in [1.54, 1.807) is 36.7 Å². The van der Waals surface area contributed by atoms with Gasteiger partial charge in [0.15, 0.2) is 0 Å². The third kappa shape index (κ3) is 3.22. The Morgan fingerprint density at radius 2 is 1.93 bits per heavy atom. The Balaban J connectivity index is 1.49. The summed E-state index contributed by atoms with van der Waals surface area (Å²) in [6.45, 7) is 0.321. The first-order chi connectivity index (χ1) is 14.1. The van der Waals surface area contributed by atoms with E-state index >= 15 is 0 Å². The van der Waals surface area contributed by atoms with E-state index in [-0.39, 0.29) is 18.0 Å². The van der Waals surface area contributed by atoms with Crippen molar-refractivity contribution in [2.75, 3.05) is 5.32 Å². The second kappa shape index (κ2) is 6.73. The minimum absolute atomic E-state index is 0.205. The van der Waals surface area contributed by atoms with Crippen LogP contribution in [0.2, 0.25) is 0 Å². The topological polar surface area (TPSA) is 98.9 Å². The van der Waals surface area contributed by atoms with Crippen LogP contribution < -0.4 is 16.0 Å². The van der Waals surface area contributed by atoms with Crippen molar-refractivity contribution in [3.05, 3.63) is 59.7 Å². The van der Waals surface area contributed by atoms with Gasteiger partial charge in [0.25, 0.3) is 5.91 Å². The maximum absolute atomic E-state index is 14.9. The summed E-state index contributed by atoms with van der Waals surface area (Å²) in [6.07, 6.45) is 5.26. The first-order valence-corrected chi connectivity index (χ1v) is 9.41. The van der Waals surface area contributed by atoms with Crippen molar-refractivity contribution in [3.63, 3.8) is 0 Å². The Morgan fingerprint density at radius 1 is 1.14 bits per heavy atom. The molecule has 2 heterocycles. The number of benzene rings is 2. The van der Waals surface area contributed by atoms with Gasteiger partial charge in [-0.3, -0.25) is 4.79 Å². The Hall–Kier alpha value is -3.68. The van der Waals surface area contributed by atoms with Crippen LogP contribution in [0.3, 0.4) is 0 Å². The van der Waals surface area contributed by atoms with Gasteiger partial charge in [-0.05, 0) is 48.2 Å². The van der Waals surface area contributed by atoms with Gasteiger partial charge in [-0.1, -0.05) is 6.07 Å². The van der Waals surface area contributed by atoms with Crippen molar-refractivity contribution in [1.82, 2.24) is 20.6 Å². The number of aromatic nitrogens is 2. The normalized spacial score (nSPS) is 15.0. The molecule has 0 radical (unpaired) electrons. The van der Waals surface area contributed by atoms with E-state index in [9.17, 15) is 14.0 Å². The zero-order valence-corrected chi connectivity index (χ0v) is 15.4. The molecule has 29 heavy (non-hydrogen) atoms. The molecule has 1 saturated carbocycles. The molecule has 5 rings (SSSR count). The van der Waals surface area contributed by atoms with Gasteiger partial charge >= 0.3 is 6.03 Å². The number of nitrogens with zero attached hydrogens (tertiary/aromatic N) is 1. The van der Waals surface area contributed by atoms with Crippen LogP contribution in [-0.2, 0) is 6.54 Å². The van der Waals surface area contributed by atoms with E-state index in [0.29, 0.717) is 40.3 Å². The summed E-state index contributed by atoms with van der Waals surface area (Å²) in [6, 6.07) is 8.01. The molecule has 1 aromatic heterocycles. The van der Waals surface area contributed by atoms with Gasteiger partial charge in [-0.2, -0.15) is 0 Å². The summed E-state index contributed by atoms with van der Waals surface area (Å²) >= 11 is 0. The zero-order chi connectivity index (χ0) is 20.0. The monoisotopic (exact) mass is 391 g/mol. The second-order valence-electron chi connectivity index (χ2n) is 7.20. The lowest BCUT2D eigenvalue weighted by atomic mass is 9.92. The van der Waals surface area contributed by atoms with Gasteiger partial charge in [0, 0.05) is 41.8 Å². The Kier molecular flexibility index (Phi) is 4.04. The van der Waals surface area contributed by atoms with E-state index in [1.807, 2.05) is 0 Å². The number of fused-ring (bicyclic) bond motifs is 1. The number of halogens is 1. The molecule has 1 fully saturated rings. The van der Waals surface area contributed by atoms with Crippen molar-refractivity contribution in [2.24, 2.45) is 0 Å². The first-order valence-electron chi connectivity index (χ1n) is 9.41. The van der Waals surface area contributed by atoms with Crippen LogP contribution in [0.15, 0.2) is 42.7 Å². The number of anilines is 1. The molecule has 1 aliphatic heterocycles. The predicted molar refractivity (Wildman–Crippen MR) is 106 cm³/mol. The summed E-state index contributed by atoms with van der Waals surface area (Å²) in [5.41, 5.74) is 3.30. The molecule has 1 aliphatic carbocycles. The number of hydrogen-bond donors (Lipinski definition) is 4. The summed E-state index contributed by atoms with van der Waals surface area (Å²) in [4.78, 5) is 31.5. The average molecular weight is 391 g/mol. The van der Waals surface area contributed by atoms with Crippen LogP contribution in [-0.4, -0.2) is 27.9 Å². The molecule has 0 bridgehead atoms. The lowest BCUT2D eigenvalue weighted by Crippen LogP contribution is -2.30. The number of carbonyl (C=O) groups is 2. The summed E-state index contributed by atoms with van der Waals surface area (Å²) in [7, 11) is 0. The molecule has 0 unspecified atom stereocenters. The predicted octanol–water partition coefficient (Wildman–Crippen LogP) is 3.41. The highest BCUT2D eigenvalue weighted by Crippen LogP contribution is 2.36. The molecule has 3 amide bonds. The SMILES string of the molecule is O=C(Nc1ccc(-c2ccc(-c3ncc[nH]3)c3c2CNC3=O)c(F)c1)NC1CC1. The highest BCUT2D eigenvalue weighted by atomic mass is 19.1. The van der Waals surface area contributed by atoms with Crippen molar-refractivity contribution < 1.29 is 14.0 Å². The Bertz CT molecular complexity index is 1120. The molecule has 0 spiro atoms. The van der Waals surface area contributed by atoms with Crippen molar-refractivity contribution in [2.45, 2.75) is 25.4 Å². The smallest absolute Gasteiger partial charge is 0.319 e. The van der Waals surface area contributed by atoms with Gasteiger partial charge in [0.2, 0.25) is 0 Å². The number of aromatic amines is 1. The van der Waals surface area contributed by atoms with Crippen LogP contribution in [0.25, 0.3) is 22.5 Å². The van der Waals surface area contributed by atoms with Gasteiger partial charge in [0.1, 0.15) is 11.6 Å². The highest BCUT2D eigenvalue weighted by molar-refractivity contribution is 6.06. The fourth-order valence-corrected chi connectivity index (χ4v) is 3.60. The number of imidazole rings is 1. The number of urea groups is 1. The Morgan fingerprint density at radius 3 is 2.66 bits per heavy atom. The van der Waals surface area contributed by atoms with E-state index in [0.717, 1.165) is 18.4 Å². The zero-order valence-electron chi connectivity index (χ0n) is 15.4. The van der Waals surface area contributed by atoms with Gasteiger partial charge in [-0.15, -0.1) is 0 Å². The average Bonchev–Trinajstić information content (AvgIpc) is 3.18. The molecule has 0 atom stereocenters. The van der Waals surface area contributed by atoms with E-state index in [4.69, 9.17) is 0 Å². The van der Waals surface area contributed by atoms with Gasteiger partial charge in [0.05, 0.1) is 5.56 Å². The highest BCUT2D eigenvalue weighted by Gasteiger charge is 2.28. The fourth-order valence-electron chi connectivity index (χ4n) is 3.60. The second-order valence-corrected chi connectivity index (χ2v) is 7.20. The van der Waals surface area contributed by atoms with Gasteiger partial charge < -0.3 is 20.9 Å². The quantitative estimate of drug-likeness (QED) is 0.548. The van der Waals surface area contributed by atoms with E-state index < -0.39 is 5.82 Å². The number of carbonyl (C=O) groups excluding carboxylic acids is 2.